The lowest BCUT2D eigenvalue weighted by Gasteiger charge is -2.30. The third-order valence-corrected chi connectivity index (χ3v) is 4.19. The Kier molecular flexibility index (Phi) is 6.21. The van der Waals surface area contributed by atoms with Crippen LogP contribution in [0.25, 0.3) is 0 Å². The van der Waals surface area contributed by atoms with Gasteiger partial charge in [0.1, 0.15) is 0 Å². The Labute approximate surface area is 136 Å². The van der Waals surface area contributed by atoms with Gasteiger partial charge in [-0.05, 0) is 43.6 Å². The van der Waals surface area contributed by atoms with Crippen LogP contribution in [0.15, 0.2) is 24.3 Å². The topological polar surface area (TPSA) is 61.4 Å². The van der Waals surface area contributed by atoms with Crippen LogP contribution < -0.4 is 10.6 Å². The van der Waals surface area contributed by atoms with Gasteiger partial charge in [0.25, 0.3) is 0 Å². The van der Waals surface area contributed by atoms with Gasteiger partial charge in [0.05, 0.1) is 6.54 Å². The molecule has 0 aliphatic carbocycles. The van der Waals surface area contributed by atoms with E-state index in [1.165, 1.54) is 0 Å². The average molecular weight is 324 g/mol. The van der Waals surface area contributed by atoms with E-state index in [2.05, 4.69) is 15.5 Å². The number of carbonyl (C=O) groups is 2. The number of halogens is 1. The van der Waals surface area contributed by atoms with Crippen molar-refractivity contribution in [1.29, 1.82) is 0 Å². The highest BCUT2D eigenvalue weighted by Crippen LogP contribution is 2.16. The minimum absolute atomic E-state index is 0.00151. The molecule has 0 spiro atoms. The molecule has 1 heterocycles. The van der Waals surface area contributed by atoms with Gasteiger partial charge in [-0.3, -0.25) is 14.5 Å². The fourth-order valence-electron chi connectivity index (χ4n) is 2.66. The van der Waals surface area contributed by atoms with Crippen LogP contribution in [0.4, 0.5) is 0 Å². The first-order valence-corrected chi connectivity index (χ1v) is 7.91. The summed E-state index contributed by atoms with van der Waals surface area (Å²) in [5.41, 5.74) is 0.985. The predicted molar refractivity (Wildman–Crippen MR) is 86.5 cm³/mol. The van der Waals surface area contributed by atoms with E-state index in [1.807, 2.05) is 24.3 Å². The molecule has 1 fully saturated rings. The monoisotopic (exact) mass is 323 g/mol. The lowest BCUT2D eigenvalue weighted by atomic mass is 9.96. The number of rotatable bonds is 5. The van der Waals surface area contributed by atoms with Gasteiger partial charge in [0.2, 0.25) is 11.8 Å². The summed E-state index contributed by atoms with van der Waals surface area (Å²) < 4.78 is 0. The van der Waals surface area contributed by atoms with Gasteiger partial charge in [0.15, 0.2) is 0 Å². The fraction of sp³-hybridized carbons (Fsp3) is 0.500. The van der Waals surface area contributed by atoms with Crippen LogP contribution in [0.2, 0.25) is 5.02 Å². The summed E-state index contributed by atoms with van der Waals surface area (Å²) in [6.45, 7) is 2.42. The Balaban J connectivity index is 1.71. The van der Waals surface area contributed by atoms with E-state index in [1.54, 1.807) is 7.05 Å². The van der Waals surface area contributed by atoms with Gasteiger partial charge >= 0.3 is 0 Å². The highest BCUT2D eigenvalue weighted by Gasteiger charge is 2.24. The highest BCUT2D eigenvalue weighted by molar-refractivity contribution is 6.30. The molecule has 120 valence electrons. The number of hydrogen-bond acceptors (Lipinski definition) is 3. The fourth-order valence-corrected chi connectivity index (χ4v) is 2.88. The second-order valence-corrected chi connectivity index (χ2v) is 6.01. The Hall–Kier alpha value is -1.59. The maximum atomic E-state index is 12.0. The summed E-state index contributed by atoms with van der Waals surface area (Å²) >= 11 is 5.91. The van der Waals surface area contributed by atoms with E-state index in [0.29, 0.717) is 18.1 Å². The number of nitrogens with zero attached hydrogens (tertiary/aromatic N) is 1. The smallest absolute Gasteiger partial charge is 0.234 e. The van der Waals surface area contributed by atoms with E-state index in [-0.39, 0.29) is 17.7 Å². The maximum absolute atomic E-state index is 12.0. The molecule has 2 N–H and O–H groups in total. The molecule has 2 rings (SSSR count). The summed E-state index contributed by atoms with van der Waals surface area (Å²) in [5, 5.41) is 6.26. The van der Waals surface area contributed by atoms with E-state index < -0.39 is 0 Å². The van der Waals surface area contributed by atoms with Crippen molar-refractivity contribution in [3.63, 3.8) is 0 Å². The Morgan fingerprint density at radius 1 is 1.32 bits per heavy atom. The van der Waals surface area contributed by atoms with Crippen LogP contribution in [0, 0.1) is 5.92 Å². The Bertz CT molecular complexity index is 528. The first-order chi connectivity index (χ1) is 10.6. The van der Waals surface area contributed by atoms with Crippen LogP contribution >= 0.6 is 11.6 Å². The Morgan fingerprint density at radius 2 is 2.05 bits per heavy atom. The molecular formula is C16H22ClN3O2. The van der Waals surface area contributed by atoms with Gasteiger partial charge in [-0.15, -0.1) is 0 Å². The van der Waals surface area contributed by atoms with Crippen LogP contribution in [-0.4, -0.2) is 43.4 Å². The minimum Gasteiger partial charge on any atom is -0.359 e. The summed E-state index contributed by atoms with van der Waals surface area (Å²) in [6.07, 6.45) is 1.61. The normalized spacial score (nSPS) is 16.3. The molecule has 2 amide bonds. The number of amides is 2. The number of hydrogen-bond donors (Lipinski definition) is 2. The second kappa shape index (κ2) is 8.15. The Morgan fingerprint density at radius 3 is 2.68 bits per heavy atom. The van der Waals surface area contributed by atoms with Gasteiger partial charge in [-0.1, -0.05) is 23.7 Å². The number of carbonyl (C=O) groups excluding carboxylic acids is 2. The molecular weight excluding hydrogens is 302 g/mol. The first kappa shape index (κ1) is 16.8. The molecule has 5 nitrogen and oxygen atoms in total. The number of nitrogens with one attached hydrogen (secondary N) is 2. The summed E-state index contributed by atoms with van der Waals surface area (Å²) in [4.78, 5) is 25.6. The van der Waals surface area contributed by atoms with Gasteiger partial charge in [-0.25, -0.2) is 0 Å². The number of benzene rings is 1. The number of piperidine rings is 1. The zero-order valence-electron chi connectivity index (χ0n) is 12.8. The van der Waals surface area contributed by atoms with E-state index in [4.69, 9.17) is 11.6 Å². The van der Waals surface area contributed by atoms with Crippen molar-refractivity contribution in [1.82, 2.24) is 15.5 Å². The third-order valence-electron chi connectivity index (χ3n) is 3.95. The van der Waals surface area contributed by atoms with Crippen molar-refractivity contribution in [2.75, 3.05) is 26.7 Å². The van der Waals surface area contributed by atoms with Crippen molar-refractivity contribution >= 4 is 23.4 Å². The van der Waals surface area contributed by atoms with Crippen LogP contribution in [0.3, 0.4) is 0 Å². The summed E-state index contributed by atoms with van der Waals surface area (Å²) in [7, 11) is 1.66. The predicted octanol–water partition coefficient (Wildman–Crippen LogP) is 1.41. The molecule has 0 saturated carbocycles. The zero-order valence-corrected chi connectivity index (χ0v) is 13.5. The SMILES string of the molecule is CNC(=O)C1CCN(CC(=O)NCc2cccc(Cl)c2)CC1. The van der Waals surface area contributed by atoms with Crippen LogP contribution in [0.5, 0.6) is 0 Å². The molecule has 1 aromatic carbocycles. The molecule has 0 aromatic heterocycles. The van der Waals surface area contributed by atoms with E-state index >= 15 is 0 Å². The quantitative estimate of drug-likeness (QED) is 0.861. The van der Waals surface area contributed by atoms with Gasteiger partial charge in [0, 0.05) is 24.5 Å². The lowest BCUT2D eigenvalue weighted by Crippen LogP contribution is -2.43. The molecule has 0 unspecified atom stereocenters. The second-order valence-electron chi connectivity index (χ2n) is 5.57. The molecule has 0 radical (unpaired) electrons. The van der Waals surface area contributed by atoms with Crippen LogP contribution in [-0.2, 0) is 16.1 Å². The van der Waals surface area contributed by atoms with Crippen molar-refractivity contribution in [3.05, 3.63) is 34.9 Å². The van der Waals surface area contributed by atoms with E-state index in [0.717, 1.165) is 31.5 Å². The molecule has 22 heavy (non-hydrogen) atoms. The minimum atomic E-state index is -0.00151. The maximum Gasteiger partial charge on any atom is 0.234 e. The largest absolute Gasteiger partial charge is 0.359 e. The van der Waals surface area contributed by atoms with Crippen LogP contribution in [0.1, 0.15) is 18.4 Å². The lowest BCUT2D eigenvalue weighted by molar-refractivity contribution is -0.126. The molecule has 0 bridgehead atoms. The van der Waals surface area contributed by atoms with Gasteiger partial charge in [-0.2, -0.15) is 0 Å². The molecule has 1 aliphatic rings. The highest BCUT2D eigenvalue weighted by atomic mass is 35.5. The number of likely N-dealkylation sites (tertiary alicyclic amines) is 1. The van der Waals surface area contributed by atoms with Crippen molar-refractivity contribution in [2.45, 2.75) is 19.4 Å². The van der Waals surface area contributed by atoms with Crippen molar-refractivity contribution < 1.29 is 9.59 Å². The molecule has 1 saturated heterocycles. The van der Waals surface area contributed by atoms with Crippen molar-refractivity contribution in [2.24, 2.45) is 5.92 Å². The zero-order chi connectivity index (χ0) is 15.9. The molecule has 6 heteroatoms. The molecule has 1 aromatic rings. The summed E-state index contributed by atoms with van der Waals surface area (Å²) in [6, 6.07) is 7.45. The average Bonchev–Trinajstić information content (AvgIpc) is 2.53. The van der Waals surface area contributed by atoms with Gasteiger partial charge < -0.3 is 10.6 Å². The first-order valence-electron chi connectivity index (χ1n) is 7.53. The van der Waals surface area contributed by atoms with Crippen molar-refractivity contribution in [3.8, 4) is 0 Å². The standard InChI is InChI=1S/C16H22ClN3O2/c1-18-16(22)13-5-7-20(8-6-13)11-15(21)19-10-12-3-2-4-14(17)9-12/h2-4,9,13H,5-8,10-11H2,1H3,(H,18,22)(H,19,21). The molecule has 1 aliphatic heterocycles. The summed E-state index contributed by atoms with van der Waals surface area (Å²) in [5.74, 6) is 0.180. The molecule has 0 atom stereocenters. The third kappa shape index (κ3) is 5.00. The van der Waals surface area contributed by atoms with E-state index in [9.17, 15) is 9.59 Å².